The number of para-hydroxylation sites is 1. The highest BCUT2D eigenvalue weighted by Crippen LogP contribution is 2.23. The topological polar surface area (TPSA) is 45.5 Å². The fraction of sp³-hybridized carbons (Fsp3) is 0.320. The molecule has 0 spiro atoms. The van der Waals surface area contributed by atoms with Gasteiger partial charge in [-0.1, -0.05) is 47.5 Å². The van der Waals surface area contributed by atoms with Gasteiger partial charge in [0.25, 0.3) is 0 Å². The molecule has 3 rings (SSSR count). The van der Waals surface area contributed by atoms with E-state index in [2.05, 4.69) is 51.5 Å². The molecule has 1 heterocycles. The first-order chi connectivity index (χ1) is 14.5. The number of nitrogens with zero attached hydrogens (tertiary/aromatic N) is 2. The van der Waals surface area contributed by atoms with Gasteiger partial charge in [-0.15, -0.1) is 0 Å². The molecular weight excluding hydrogens is 440 g/mol. The predicted octanol–water partition coefficient (Wildman–Crippen LogP) is 5.39. The van der Waals surface area contributed by atoms with Gasteiger partial charge in [-0.2, -0.15) is 0 Å². The summed E-state index contributed by atoms with van der Waals surface area (Å²) in [6.45, 7) is 4.32. The Bertz CT molecular complexity index is 1010. The number of hydrogen-bond donors (Lipinski definition) is 1. The van der Waals surface area contributed by atoms with Gasteiger partial charge in [0.2, 0.25) is 0 Å². The van der Waals surface area contributed by atoms with Crippen LogP contribution in [0.1, 0.15) is 35.7 Å². The first-order valence-electron chi connectivity index (χ1n) is 10.4. The molecule has 0 fully saturated rings. The Hall–Kier alpha value is -2.21. The van der Waals surface area contributed by atoms with Crippen LogP contribution in [0, 0.1) is 0 Å². The quantitative estimate of drug-likeness (QED) is 0.320. The predicted molar refractivity (Wildman–Crippen MR) is 128 cm³/mol. The van der Waals surface area contributed by atoms with Crippen LogP contribution in [0.5, 0.6) is 0 Å². The molecule has 0 amide bonds. The van der Waals surface area contributed by atoms with Crippen molar-refractivity contribution in [2.24, 2.45) is 0 Å². The van der Waals surface area contributed by atoms with Crippen molar-refractivity contribution in [3.05, 3.63) is 76.4 Å². The summed E-state index contributed by atoms with van der Waals surface area (Å²) in [5.74, 6) is -0.0306. The van der Waals surface area contributed by atoms with E-state index < -0.39 is 6.10 Å². The number of likely N-dealkylation sites (N-methyl/N-ethyl adjacent to an activating group) is 1. The Labute approximate surface area is 186 Å². The molecule has 1 atom stereocenters. The number of carbonyl (C=O) groups excluding carboxylic acids is 1. The van der Waals surface area contributed by atoms with E-state index in [-0.39, 0.29) is 5.78 Å². The second-order valence-corrected chi connectivity index (χ2v) is 8.64. The first-order valence-corrected chi connectivity index (χ1v) is 11.2. The molecule has 1 unspecified atom stereocenters. The second kappa shape index (κ2) is 10.7. The van der Waals surface area contributed by atoms with E-state index in [1.807, 2.05) is 48.7 Å². The normalized spacial score (nSPS) is 12.8. The van der Waals surface area contributed by atoms with Gasteiger partial charge >= 0.3 is 0 Å². The molecule has 0 radical (unpaired) electrons. The number of carbonyl (C=O) groups is 1. The summed E-state index contributed by atoms with van der Waals surface area (Å²) in [7, 11) is 2.05. The highest BCUT2D eigenvalue weighted by molar-refractivity contribution is 9.10. The summed E-state index contributed by atoms with van der Waals surface area (Å²) in [4.78, 5) is 14.7. The van der Waals surface area contributed by atoms with E-state index in [1.165, 1.54) is 0 Å². The fourth-order valence-corrected chi connectivity index (χ4v) is 3.86. The number of halogens is 1. The smallest absolute Gasteiger partial charge is 0.185 e. The van der Waals surface area contributed by atoms with Crippen molar-refractivity contribution in [1.29, 1.82) is 0 Å². The largest absolute Gasteiger partial charge is 0.390 e. The molecule has 30 heavy (non-hydrogen) atoms. The van der Waals surface area contributed by atoms with Gasteiger partial charge in [0.05, 0.1) is 6.10 Å². The van der Waals surface area contributed by atoms with E-state index in [4.69, 9.17) is 0 Å². The number of hydrogen-bond acceptors (Lipinski definition) is 3. The average Bonchev–Trinajstić information content (AvgIpc) is 3.08. The number of aliphatic hydroxyl groups excluding tert-OH is 1. The maximum absolute atomic E-state index is 12.5. The zero-order valence-electron chi connectivity index (χ0n) is 17.6. The molecule has 0 saturated heterocycles. The molecule has 0 aliphatic carbocycles. The molecule has 1 aromatic heterocycles. The molecule has 4 nitrogen and oxygen atoms in total. The molecule has 0 saturated carbocycles. The lowest BCUT2D eigenvalue weighted by atomic mass is 10.1. The number of rotatable bonds is 10. The van der Waals surface area contributed by atoms with Gasteiger partial charge < -0.3 is 14.6 Å². The van der Waals surface area contributed by atoms with E-state index in [0.29, 0.717) is 18.7 Å². The Morgan fingerprint density at radius 2 is 1.93 bits per heavy atom. The van der Waals surface area contributed by atoms with Crippen molar-refractivity contribution in [3.8, 4) is 0 Å². The highest BCUT2D eigenvalue weighted by Gasteiger charge is 2.13. The van der Waals surface area contributed by atoms with Crippen molar-refractivity contribution in [3.63, 3.8) is 0 Å². The maximum Gasteiger partial charge on any atom is 0.185 e. The Morgan fingerprint density at radius 3 is 2.67 bits per heavy atom. The number of ketones is 1. The summed E-state index contributed by atoms with van der Waals surface area (Å²) >= 11 is 3.39. The van der Waals surface area contributed by atoms with Crippen LogP contribution in [-0.2, 0) is 6.54 Å². The zero-order chi connectivity index (χ0) is 21.5. The van der Waals surface area contributed by atoms with Gasteiger partial charge in [-0.3, -0.25) is 4.79 Å². The highest BCUT2D eigenvalue weighted by atomic mass is 79.9. The first kappa shape index (κ1) is 22.5. The summed E-state index contributed by atoms with van der Waals surface area (Å²) in [6, 6.07) is 15.5. The van der Waals surface area contributed by atoms with E-state index >= 15 is 0 Å². The number of allylic oxidation sites excluding steroid dienone is 1. The molecule has 158 valence electrons. The molecule has 5 heteroatoms. The van der Waals surface area contributed by atoms with E-state index in [9.17, 15) is 9.90 Å². The summed E-state index contributed by atoms with van der Waals surface area (Å²) in [5.41, 5.74) is 2.69. The second-order valence-electron chi connectivity index (χ2n) is 7.73. The number of aliphatic hydroxyl groups is 1. The summed E-state index contributed by atoms with van der Waals surface area (Å²) < 4.78 is 3.03. The van der Waals surface area contributed by atoms with Gasteiger partial charge in [-0.05, 0) is 62.5 Å². The fourth-order valence-electron chi connectivity index (χ4n) is 3.60. The molecule has 3 aromatic rings. The Balaban J connectivity index is 1.76. The van der Waals surface area contributed by atoms with Crippen molar-refractivity contribution >= 4 is 38.7 Å². The van der Waals surface area contributed by atoms with Crippen LogP contribution in [0.4, 0.5) is 0 Å². The van der Waals surface area contributed by atoms with E-state index in [0.717, 1.165) is 40.3 Å². The number of fused-ring (bicyclic) bond motifs is 1. The van der Waals surface area contributed by atoms with Crippen LogP contribution in [0.25, 0.3) is 17.0 Å². The Morgan fingerprint density at radius 1 is 1.20 bits per heavy atom. The van der Waals surface area contributed by atoms with Crippen LogP contribution in [0.3, 0.4) is 0 Å². The molecule has 1 N–H and O–H groups in total. The monoisotopic (exact) mass is 468 g/mol. The van der Waals surface area contributed by atoms with Crippen LogP contribution < -0.4 is 0 Å². The third-order valence-corrected chi connectivity index (χ3v) is 5.71. The molecule has 0 aliphatic rings. The SMILES string of the molecule is CCCCN(C)CC(O)Cn1cc(C=CC(=O)c2ccc(Br)cc2)c2ccccc21. The molecular formula is C25H29BrN2O2. The minimum atomic E-state index is -0.455. The van der Waals surface area contributed by atoms with Gasteiger partial charge in [0.1, 0.15) is 0 Å². The van der Waals surface area contributed by atoms with Crippen molar-refractivity contribution in [1.82, 2.24) is 9.47 Å². The number of benzene rings is 2. The van der Waals surface area contributed by atoms with Gasteiger partial charge in [0.15, 0.2) is 5.78 Å². The van der Waals surface area contributed by atoms with Gasteiger partial charge in [-0.25, -0.2) is 0 Å². The minimum Gasteiger partial charge on any atom is -0.390 e. The van der Waals surface area contributed by atoms with Gasteiger partial charge in [0, 0.05) is 45.8 Å². The number of unbranched alkanes of at least 4 members (excludes halogenated alkanes) is 1. The van der Waals surface area contributed by atoms with Crippen molar-refractivity contribution in [2.75, 3.05) is 20.1 Å². The molecule has 0 bridgehead atoms. The lowest BCUT2D eigenvalue weighted by Gasteiger charge is -2.21. The third kappa shape index (κ3) is 5.91. The average molecular weight is 469 g/mol. The van der Waals surface area contributed by atoms with E-state index in [1.54, 1.807) is 6.08 Å². The number of aromatic nitrogens is 1. The van der Waals surface area contributed by atoms with Crippen LogP contribution >= 0.6 is 15.9 Å². The lowest BCUT2D eigenvalue weighted by Crippen LogP contribution is -2.32. The van der Waals surface area contributed by atoms with Crippen LogP contribution in [0.15, 0.2) is 65.3 Å². The Kier molecular flexibility index (Phi) is 8.02. The van der Waals surface area contributed by atoms with Crippen LogP contribution in [-0.4, -0.2) is 46.6 Å². The standard InChI is InChI=1S/C25H29BrN2O2/c1-3-4-15-27(2)17-22(29)18-28-16-20(23-7-5-6-8-24(23)28)11-14-25(30)19-9-12-21(26)13-10-19/h5-14,16,22,29H,3-4,15,17-18H2,1-2H3. The zero-order valence-corrected chi connectivity index (χ0v) is 19.2. The summed E-state index contributed by atoms with van der Waals surface area (Å²) in [5, 5.41) is 11.7. The third-order valence-electron chi connectivity index (χ3n) is 5.19. The minimum absolute atomic E-state index is 0.0306. The molecule has 2 aromatic carbocycles. The van der Waals surface area contributed by atoms with Crippen LogP contribution in [0.2, 0.25) is 0 Å². The maximum atomic E-state index is 12.5. The van der Waals surface area contributed by atoms with Crippen molar-refractivity contribution in [2.45, 2.75) is 32.4 Å². The molecule has 0 aliphatic heterocycles. The van der Waals surface area contributed by atoms with Crippen molar-refractivity contribution < 1.29 is 9.90 Å². The summed E-state index contributed by atoms with van der Waals surface area (Å²) in [6.07, 6.45) is 7.33. The lowest BCUT2D eigenvalue weighted by molar-refractivity contribution is 0.104.